The number of nitriles is 1. The summed E-state index contributed by atoms with van der Waals surface area (Å²) in [4.78, 5) is 24.7. The lowest BCUT2D eigenvalue weighted by molar-refractivity contribution is -0.147. The summed E-state index contributed by atoms with van der Waals surface area (Å²) in [6, 6.07) is 14.6. The Morgan fingerprint density at radius 1 is 1.15 bits per heavy atom. The smallest absolute Gasteiger partial charge is 0.308 e. The Labute approximate surface area is 157 Å². The number of ether oxygens (including phenoxy) is 1. The maximum atomic E-state index is 12.6. The molecule has 0 aliphatic rings. The summed E-state index contributed by atoms with van der Waals surface area (Å²) in [5.41, 5.74) is 1.49. The third kappa shape index (κ3) is 5.33. The molecule has 0 unspecified atom stereocenters. The van der Waals surface area contributed by atoms with Gasteiger partial charge >= 0.3 is 5.97 Å². The Morgan fingerprint density at radius 2 is 1.81 bits per heavy atom. The predicted molar refractivity (Wildman–Crippen MR) is 98.7 cm³/mol. The summed E-state index contributed by atoms with van der Waals surface area (Å²) < 4.78 is 5.19. The molecule has 0 aliphatic carbocycles. The van der Waals surface area contributed by atoms with Crippen LogP contribution >= 0.6 is 11.6 Å². The molecule has 2 aromatic rings. The molecule has 5 nitrogen and oxygen atoms in total. The second kappa shape index (κ2) is 9.02. The Morgan fingerprint density at radius 3 is 2.38 bits per heavy atom. The van der Waals surface area contributed by atoms with Gasteiger partial charge in [-0.2, -0.15) is 5.26 Å². The molecule has 134 valence electrons. The van der Waals surface area contributed by atoms with Gasteiger partial charge in [0.2, 0.25) is 0 Å². The number of halogens is 1. The highest BCUT2D eigenvalue weighted by Crippen LogP contribution is 2.26. The fourth-order valence-electron chi connectivity index (χ4n) is 2.41. The molecule has 0 spiro atoms. The number of hydrogen-bond acceptors (Lipinski definition) is 4. The van der Waals surface area contributed by atoms with Gasteiger partial charge in [-0.05, 0) is 49.7 Å². The average molecular weight is 371 g/mol. The summed E-state index contributed by atoms with van der Waals surface area (Å²) in [7, 11) is 0. The molecule has 0 heterocycles. The summed E-state index contributed by atoms with van der Waals surface area (Å²) in [5, 5.41) is 12.1. The van der Waals surface area contributed by atoms with E-state index in [9.17, 15) is 9.59 Å². The van der Waals surface area contributed by atoms with Crippen molar-refractivity contribution in [2.24, 2.45) is 0 Å². The van der Waals surface area contributed by atoms with Crippen molar-refractivity contribution in [2.45, 2.75) is 32.4 Å². The second-order valence-electron chi connectivity index (χ2n) is 5.98. The number of rotatable bonds is 6. The van der Waals surface area contributed by atoms with Crippen LogP contribution < -0.4 is 5.32 Å². The van der Waals surface area contributed by atoms with E-state index in [-0.39, 0.29) is 18.4 Å². The molecule has 6 heteroatoms. The number of carbonyl (C=O) groups is 2. The molecule has 1 N–H and O–H groups in total. The highest BCUT2D eigenvalue weighted by Gasteiger charge is 2.22. The molecule has 0 aromatic heterocycles. The molecular formula is C20H19ClN2O3. The quantitative estimate of drug-likeness (QED) is 0.779. The molecular weight excluding hydrogens is 352 g/mol. The number of amides is 1. The van der Waals surface area contributed by atoms with Gasteiger partial charge in [0.1, 0.15) is 0 Å². The van der Waals surface area contributed by atoms with E-state index in [2.05, 4.69) is 5.32 Å². The van der Waals surface area contributed by atoms with Crippen LogP contribution in [0.4, 0.5) is 0 Å². The van der Waals surface area contributed by atoms with Crippen molar-refractivity contribution < 1.29 is 14.3 Å². The van der Waals surface area contributed by atoms with Crippen LogP contribution in [0.2, 0.25) is 5.02 Å². The molecule has 0 fully saturated rings. The first-order valence-corrected chi connectivity index (χ1v) is 8.53. The predicted octanol–water partition coefficient (Wildman–Crippen LogP) is 4.02. The van der Waals surface area contributed by atoms with Crippen LogP contribution in [0.5, 0.6) is 0 Å². The van der Waals surface area contributed by atoms with Gasteiger partial charge in [0, 0.05) is 10.6 Å². The van der Waals surface area contributed by atoms with Gasteiger partial charge in [-0.3, -0.25) is 9.59 Å². The Kier molecular flexibility index (Phi) is 6.76. The number of nitrogens with zero attached hydrogens (tertiary/aromatic N) is 1. The first kappa shape index (κ1) is 19.5. The zero-order chi connectivity index (χ0) is 19.1. The van der Waals surface area contributed by atoms with Crippen molar-refractivity contribution in [3.8, 4) is 6.07 Å². The van der Waals surface area contributed by atoms with Crippen LogP contribution in [0.15, 0.2) is 48.5 Å². The Balaban J connectivity index is 2.22. The molecule has 1 amide bonds. The standard InChI is InChI=1S/C20H19ClN2O3/c1-13(2)26-19(24)11-18(16-5-3-4-6-17(16)21)23-20(25)15-9-7-14(12-22)8-10-15/h3-10,13,18H,11H2,1-2H3,(H,23,25)/t18-/m0/s1. The molecule has 2 rings (SSSR count). The average Bonchev–Trinajstić information content (AvgIpc) is 2.61. The third-order valence-electron chi connectivity index (χ3n) is 3.60. The minimum Gasteiger partial charge on any atom is -0.463 e. The van der Waals surface area contributed by atoms with Crippen LogP contribution in [0.1, 0.15) is 47.8 Å². The fourth-order valence-corrected chi connectivity index (χ4v) is 2.68. The molecule has 2 aromatic carbocycles. The van der Waals surface area contributed by atoms with E-state index in [0.29, 0.717) is 21.7 Å². The molecule has 1 atom stereocenters. The monoisotopic (exact) mass is 370 g/mol. The first-order valence-electron chi connectivity index (χ1n) is 8.15. The van der Waals surface area contributed by atoms with Crippen LogP contribution in [0, 0.1) is 11.3 Å². The van der Waals surface area contributed by atoms with Crippen LogP contribution in [0.3, 0.4) is 0 Å². The van der Waals surface area contributed by atoms with Crippen molar-refractivity contribution in [2.75, 3.05) is 0 Å². The zero-order valence-electron chi connectivity index (χ0n) is 14.5. The SMILES string of the molecule is CC(C)OC(=O)C[C@H](NC(=O)c1ccc(C#N)cc1)c1ccccc1Cl. The number of carbonyl (C=O) groups excluding carboxylic acids is 2. The molecule has 0 radical (unpaired) electrons. The van der Waals surface area contributed by atoms with E-state index >= 15 is 0 Å². The van der Waals surface area contributed by atoms with Gasteiger partial charge in [0.05, 0.1) is 30.2 Å². The number of benzene rings is 2. The van der Waals surface area contributed by atoms with Crippen molar-refractivity contribution in [1.82, 2.24) is 5.32 Å². The summed E-state index contributed by atoms with van der Waals surface area (Å²) >= 11 is 6.24. The van der Waals surface area contributed by atoms with Gasteiger partial charge in [-0.1, -0.05) is 29.8 Å². The summed E-state index contributed by atoms with van der Waals surface area (Å²) in [6.07, 6.45) is -0.284. The molecule has 0 saturated carbocycles. The highest BCUT2D eigenvalue weighted by atomic mass is 35.5. The van der Waals surface area contributed by atoms with E-state index in [1.54, 1.807) is 62.4 Å². The fraction of sp³-hybridized carbons (Fsp3) is 0.250. The van der Waals surface area contributed by atoms with Gasteiger partial charge in [0.25, 0.3) is 5.91 Å². The maximum Gasteiger partial charge on any atom is 0.308 e. The normalized spacial score (nSPS) is 11.5. The topological polar surface area (TPSA) is 79.2 Å². The zero-order valence-corrected chi connectivity index (χ0v) is 15.3. The second-order valence-corrected chi connectivity index (χ2v) is 6.39. The third-order valence-corrected chi connectivity index (χ3v) is 3.94. The summed E-state index contributed by atoms with van der Waals surface area (Å²) in [6.45, 7) is 3.52. The van der Waals surface area contributed by atoms with Gasteiger partial charge in [-0.15, -0.1) is 0 Å². The van der Waals surface area contributed by atoms with E-state index in [0.717, 1.165) is 0 Å². The number of hydrogen-bond donors (Lipinski definition) is 1. The van der Waals surface area contributed by atoms with Gasteiger partial charge in [0.15, 0.2) is 0 Å². The molecule has 0 aliphatic heterocycles. The molecule has 26 heavy (non-hydrogen) atoms. The van der Waals surface area contributed by atoms with Crippen molar-refractivity contribution >= 4 is 23.5 Å². The molecule has 0 saturated heterocycles. The van der Waals surface area contributed by atoms with Crippen LogP contribution in [0.25, 0.3) is 0 Å². The van der Waals surface area contributed by atoms with E-state index in [1.807, 2.05) is 6.07 Å². The number of esters is 1. The Hall–Kier alpha value is -2.84. The van der Waals surface area contributed by atoms with Crippen molar-refractivity contribution in [3.05, 3.63) is 70.2 Å². The van der Waals surface area contributed by atoms with Gasteiger partial charge < -0.3 is 10.1 Å². The summed E-state index contributed by atoms with van der Waals surface area (Å²) in [5.74, 6) is -0.790. The van der Waals surface area contributed by atoms with Gasteiger partial charge in [-0.25, -0.2) is 0 Å². The van der Waals surface area contributed by atoms with Crippen LogP contribution in [-0.2, 0) is 9.53 Å². The molecule has 0 bridgehead atoms. The maximum absolute atomic E-state index is 12.6. The minimum absolute atomic E-state index is 0.0378. The minimum atomic E-state index is -0.627. The lowest BCUT2D eigenvalue weighted by atomic mass is 10.0. The first-order chi connectivity index (χ1) is 12.4. The largest absolute Gasteiger partial charge is 0.463 e. The van der Waals surface area contributed by atoms with E-state index in [1.165, 1.54) is 0 Å². The van der Waals surface area contributed by atoms with E-state index in [4.69, 9.17) is 21.6 Å². The highest BCUT2D eigenvalue weighted by molar-refractivity contribution is 6.31. The lowest BCUT2D eigenvalue weighted by Gasteiger charge is -2.20. The van der Waals surface area contributed by atoms with Crippen molar-refractivity contribution in [1.29, 1.82) is 5.26 Å². The Bertz CT molecular complexity index is 826. The van der Waals surface area contributed by atoms with E-state index < -0.39 is 12.0 Å². The lowest BCUT2D eigenvalue weighted by Crippen LogP contribution is -2.31. The number of nitrogens with one attached hydrogen (secondary N) is 1. The van der Waals surface area contributed by atoms with Crippen LogP contribution in [-0.4, -0.2) is 18.0 Å². The van der Waals surface area contributed by atoms with Crippen molar-refractivity contribution in [3.63, 3.8) is 0 Å².